The Morgan fingerprint density at radius 2 is 1.44 bits per heavy atom. The van der Waals surface area contributed by atoms with Crippen LogP contribution in [0.5, 0.6) is 0 Å². The first kappa shape index (κ1) is 32.5. The number of carbonyl (C=O) groups is 1. The van der Waals surface area contributed by atoms with E-state index in [1.165, 1.54) is 70.8 Å². The van der Waals surface area contributed by atoms with Gasteiger partial charge in [0, 0.05) is 40.6 Å². The molecule has 0 bridgehead atoms. The van der Waals surface area contributed by atoms with E-state index in [0.29, 0.717) is 17.1 Å². The Morgan fingerprint density at radius 3 is 2.18 bits per heavy atom. The maximum absolute atomic E-state index is 13.3. The average molecular weight is 636 g/mol. The molecule has 5 aromatic rings. The molecule has 1 amide bonds. The Labute approximate surface area is 277 Å². The van der Waals surface area contributed by atoms with Crippen LogP contribution in [0.1, 0.15) is 55.5 Å². The largest absolute Gasteiger partial charge is 0.371 e. The Kier molecular flexibility index (Phi) is 11.8. The third-order valence-electron chi connectivity index (χ3n) is 8.02. The molecule has 0 aromatic heterocycles. The number of nitrogens with zero attached hydrogens (tertiary/aromatic N) is 1. The lowest BCUT2D eigenvalue weighted by molar-refractivity contribution is 0.0955. The predicted molar refractivity (Wildman–Crippen MR) is 195 cm³/mol. The highest BCUT2D eigenvalue weighted by Gasteiger charge is 2.15. The summed E-state index contributed by atoms with van der Waals surface area (Å²) >= 11 is 7.88. The van der Waals surface area contributed by atoms with Crippen molar-refractivity contribution in [3.05, 3.63) is 125 Å². The molecule has 0 atom stereocenters. The zero-order valence-corrected chi connectivity index (χ0v) is 27.8. The molecule has 45 heavy (non-hydrogen) atoms. The molecule has 4 nitrogen and oxygen atoms in total. The second-order valence-corrected chi connectivity index (χ2v) is 12.6. The van der Waals surface area contributed by atoms with E-state index in [0.717, 1.165) is 30.1 Å². The molecular formula is C39H42ClN3OS. The van der Waals surface area contributed by atoms with Gasteiger partial charge in [-0.15, -0.1) is 0 Å². The number of rotatable bonds is 15. The van der Waals surface area contributed by atoms with E-state index in [4.69, 9.17) is 11.6 Å². The highest BCUT2D eigenvalue weighted by Crippen LogP contribution is 2.35. The summed E-state index contributed by atoms with van der Waals surface area (Å²) in [5.74, 6) is -0.149. The van der Waals surface area contributed by atoms with E-state index in [2.05, 4.69) is 102 Å². The first-order valence-corrected chi connectivity index (χ1v) is 17.2. The van der Waals surface area contributed by atoms with Crippen LogP contribution in [0, 0.1) is 0 Å². The van der Waals surface area contributed by atoms with Crippen molar-refractivity contribution in [2.75, 3.05) is 29.3 Å². The Bertz CT molecular complexity index is 1680. The van der Waals surface area contributed by atoms with Gasteiger partial charge >= 0.3 is 0 Å². The molecular weight excluding hydrogens is 594 g/mol. The summed E-state index contributed by atoms with van der Waals surface area (Å²) in [6.45, 7) is 7.15. The third kappa shape index (κ3) is 8.62. The number of nitrogens with one attached hydrogen (secondary N) is 2. The van der Waals surface area contributed by atoms with E-state index in [9.17, 15) is 4.79 Å². The molecule has 0 saturated heterocycles. The van der Waals surface area contributed by atoms with Gasteiger partial charge in [0.15, 0.2) is 0 Å². The van der Waals surface area contributed by atoms with Crippen LogP contribution in [0.25, 0.3) is 21.9 Å². The number of halogens is 1. The summed E-state index contributed by atoms with van der Waals surface area (Å²) in [7, 11) is 0. The fraction of sp³-hybridized carbons (Fsp3) is 0.256. The zero-order valence-electron chi connectivity index (χ0n) is 26.2. The quantitative estimate of drug-likeness (QED) is 0.112. The topological polar surface area (TPSA) is 44.4 Å². The predicted octanol–water partition coefficient (Wildman–Crippen LogP) is 10.7. The van der Waals surface area contributed by atoms with Crippen molar-refractivity contribution < 1.29 is 4.79 Å². The van der Waals surface area contributed by atoms with Crippen LogP contribution < -0.4 is 14.9 Å². The van der Waals surface area contributed by atoms with Crippen LogP contribution in [-0.2, 0) is 6.42 Å². The molecule has 0 aliphatic rings. The summed E-state index contributed by atoms with van der Waals surface area (Å²) in [5, 5.41) is 6.07. The van der Waals surface area contributed by atoms with E-state index in [-0.39, 0.29) is 5.91 Å². The van der Waals surface area contributed by atoms with E-state index in [1.54, 1.807) is 6.07 Å². The Hall–Kier alpha value is -3.93. The number of anilines is 2. The lowest BCUT2D eigenvalue weighted by Crippen LogP contribution is -2.26. The maximum Gasteiger partial charge on any atom is 0.253 e. The summed E-state index contributed by atoms with van der Waals surface area (Å²) < 4.78 is 3.46. The van der Waals surface area contributed by atoms with Crippen LogP contribution in [0.2, 0.25) is 5.02 Å². The second-order valence-electron chi connectivity index (χ2n) is 11.3. The van der Waals surface area contributed by atoms with Crippen LogP contribution in [-0.4, -0.2) is 25.5 Å². The fourth-order valence-corrected chi connectivity index (χ4v) is 6.50. The number of fused-ring (bicyclic) bond motifs is 1. The maximum atomic E-state index is 13.3. The van der Waals surface area contributed by atoms with Gasteiger partial charge in [-0.25, -0.2) is 0 Å². The van der Waals surface area contributed by atoms with E-state index >= 15 is 0 Å². The van der Waals surface area contributed by atoms with Gasteiger partial charge in [-0.2, -0.15) is 0 Å². The smallest absolute Gasteiger partial charge is 0.253 e. The summed E-state index contributed by atoms with van der Waals surface area (Å²) in [4.78, 5) is 17.0. The van der Waals surface area contributed by atoms with Crippen molar-refractivity contribution in [1.29, 1.82) is 0 Å². The number of unbranched alkanes of at least 4 members (excludes halogenated alkanes) is 2. The SMILES string of the molecule is CCCCN(CCCC)c1cccc2c(SNc3ccc(Cl)cc3C(=O)NCCc3ccc(-c4ccccc4)cc3)cccc12. The van der Waals surface area contributed by atoms with Crippen LogP contribution in [0.3, 0.4) is 0 Å². The summed E-state index contributed by atoms with van der Waals surface area (Å²) in [6, 6.07) is 37.3. The Balaban J connectivity index is 1.26. The summed E-state index contributed by atoms with van der Waals surface area (Å²) in [6.07, 6.45) is 5.45. The molecule has 232 valence electrons. The van der Waals surface area contributed by atoms with Crippen molar-refractivity contribution in [3.63, 3.8) is 0 Å². The second kappa shape index (κ2) is 16.4. The third-order valence-corrected chi connectivity index (χ3v) is 9.15. The standard InChI is InChI=1S/C39H42ClN3OS/c1-3-5-26-43(27-6-4-2)37-16-10-15-34-33(37)14-11-17-38(34)45-42-36-23-22-32(40)28-35(36)39(44)41-25-24-29-18-20-31(21-19-29)30-12-8-7-9-13-30/h7-23,28,42H,3-6,24-27H2,1-2H3,(H,41,44). The van der Waals surface area contributed by atoms with Crippen molar-refractivity contribution in [2.45, 2.75) is 50.8 Å². The van der Waals surface area contributed by atoms with Gasteiger partial charge in [0.05, 0.1) is 11.3 Å². The highest BCUT2D eigenvalue weighted by atomic mass is 35.5. The van der Waals surface area contributed by atoms with Crippen molar-refractivity contribution in [2.24, 2.45) is 0 Å². The molecule has 0 heterocycles. The van der Waals surface area contributed by atoms with Crippen LogP contribution in [0.15, 0.2) is 114 Å². The molecule has 0 aliphatic carbocycles. The number of hydrogen-bond donors (Lipinski definition) is 2. The minimum atomic E-state index is -0.149. The van der Waals surface area contributed by atoms with Crippen LogP contribution >= 0.6 is 23.5 Å². The van der Waals surface area contributed by atoms with Crippen molar-refractivity contribution >= 4 is 51.6 Å². The first-order valence-electron chi connectivity index (χ1n) is 16.0. The Morgan fingerprint density at radius 1 is 0.756 bits per heavy atom. The van der Waals surface area contributed by atoms with Gasteiger partial charge in [0.25, 0.3) is 5.91 Å². The normalized spacial score (nSPS) is 11.0. The lowest BCUT2D eigenvalue weighted by Gasteiger charge is -2.26. The van der Waals surface area contributed by atoms with Gasteiger partial charge in [-0.1, -0.05) is 117 Å². The van der Waals surface area contributed by atoms with Gasteiger partial charge in [0.2, 0.25) is 0 Å². The monoisotopic (exact) mass is 635 g/mol. The molecule has 0 aliphatic heterocycles. The van der Waals surface area contributed by atoms with Crippen LogP contribution in [0.4, 0.5) is 11.4 Å². The molecule has 5 rings (SSSR count). The summed E-state index contributed by atoms with van der Waals surface area (Å²) in [5.41, 5.74) is 6.10. The molecule has 5 aromatic carbocycles. The number of hydrogen-bond acceptors (Lipinski definition) is 4. The molecule has 6 heteroatoms. The van der Waals surface area contributed by atoms with Gasteiger partial charge in [-0.05, 0) is 83.6 Å². The molecule has 2 N–H and O–H groups in total. The average Bonchev–Trinajstić information content (AvgIpc) is 3.08. The number of carbonyl (C=O) groups excluding carboxylic acids is 1. The lowest BCUT2D eigenvalue weighted by atomic mass is 10.0. The number of benzene rings is 5. The molecule has 0 unspecified atom stereocenters. The minimum Gasteiger partial charge on any atom is -0.371 e. The van der Waals surface area contributed by atoms with Gasteiger partial charge in [-0.3, -0.25) is 4.79 Å². The molecule has 0 fully saturated rings. The molecule has 0 spiro atoms. The zero-order chi connectivity index (χ0) is 31.4. The van der Waals surface area contributed by atoms with Gasteiger partial charge in [0.1, 0.15) is 0 Å². The minimum absolute atomic E-state index is 0.149. The highest BCUT2D eigenvalue weighted by molar-refractivity contribution is 8.00. The van der Waals surface area contributed by atoms with E-state index < -0.39 is 0 Å². The van der Waals surface area contributed by atoms with Gasteiger partial charge < -0.3 is 14.9 Å². The molecule has 0 radical (unpaired) electrons. The van der Waals surface area contributed by atoms with Crippen molar-refractivity contribution in [3.8, 4) is 11.1 Å². The first-order chi connectivity index (χ1) is 22.1. The molecule has 0 saturated carbocycles. The fourth-order valence-electron chi connectivity index (χ4n) is 5.49. The van der Waals surface area contributed by atoms with E-state index in [1.807, 2.05) is 30.3 Å². The number of amides is 1. The van der Waals surface area contributed by atoms with Crippen molar-refractivity contribution in [1.82, 2.24) is 5.32 Å².